The monoisotopic (exact) mass is 287 g/mol. The minimum Gasteiger partial charge on any atom is -0.493 e. The normalized spacial score (nSPS) is 11.1. The average molecular weight is 287 g/mol. The highest BCUT2D eigenvalue weighted by Gasteiger charge is 2.15. The highest BCUT2D eigenvalue weighted by Crippen LogP contribution is 2.32. The number of H-pyrrole nitrogens is 1. The van der Waals surface area contributed by atoms with E-state index >= 15 is 0 Å². The molecule has 0 amide bonds. The van der Waals surface area contributed by atoms with Crippen molar-refractivity contribution in [1.29, 1.82) is 0 Å². The van der Waals surface area contributed by atoms with Crippen molar-refractivity contribution < 1.29 is 4.74 Å². The Balaban J connectivity index is 2.33. The van der Waals surface area contributed by atoms with E-state index in [0.29, 0.717) is 12.5 Å². The van der Waals surface area contributed by atoms with E-state index in [0.717, 1.165) is 35.8 Å². The molecule has 0 fully saturated rings. The minimum atomic E-state index is 0.500. The van der Waals surface area contributed by atoms with Gasteiger partial charge >= 0.3 is 0 Å². The molecular formula is C17H25N3O. The fourth-order valence-electron chi connectivity index (χ4n) is 2.19. The van der Waals surface area contributed by atoms with Crippen molar-refractivity contribution in [2.75, 3.05) is 13.2 Å². The maximum absolute atomic E-state index is 5.95. The number of aryl methyl sites for hydroxylation is 1. The molecule has 0 aliphatic heterocycles. The topological polar surface area (TPSA) is 49.9 Å². The van der Waals surface area contributed by atoms with E-state index < -0.39 is 0 Å². The first-order valence-corrected chi connectivity index (χ1v) is 7.60. The number of benzene rings is 1. The number of aromatic amines is 1. The van der Waals surface area contributed by atoms with Crippen molar-refractivity contribution >= 4 is 0 Å². The third-order valence-corrected chi connectivity index (χ3v) is 3.34. The van der Waals surface area contributed by atoms with Crippen LogP contribution < -0.4 is 10.1 Å². The van der Waals surface area contributed by atoms with Gasteiger partial charge in [-0.15, -0.1) is 0 Å². The SMILES string of the molecule is CCNCc1c(-c2ccccc2OCC(C)C)n[nH]c1C. The molecule has 4 nitrogen and oxygen atoms in total. The van der Waals surface area contributed by atoms with Crippen molar-refractivity contribution in [2.24, 2.45) is 5.92 Å². The number of hydrogen-bond acceptors (Lipinski definition) is 3. The van der Waals surface area contributed by atoms with Crippen molar-refractivity contribution in [2.45, 2.75) is 34.2 Å². The zero-order valence-electron chi connectivity index (χ0n) is 13.4. The molecule has 0 atom stereocenters. The fraction of sp³-hybridized carbons (Fsp3) is 0.471. The molecule has 2 rings (SSSR count). The molecule has 2 aromatic rings. The number of para-hydroxylation sites is 1. The number of aromatic nitrogens is 2. The average Bonchev–Trinajstić information content (AvgIpc) is 2.84. The van der Waals surface area contributed by atoms with Gasteiger partial charge in [0.05, 0.1) is 6.61 Å². The molecule has 1 heterocycles. The number of hydrogen-bond donors (Lipinski definition) is 2. The molecule has 2 N–H and O–H groups in total. The summed E-state index contributed by atoms with van der Waals surface area (Å²) in [5.41, 5.74) is 4.34. The second-order valence-corrected chi connectivity index (χ2v) is 5.66. The van der Waals surface area contributed by atoms with Crippen LogP contribution in [0.15, 0.2) is 24.3 Å². The lowest BCUT2D eigenvalue weighted by Crippen LogP contribution is -2.13. The molecule has 0 aliphatic rings. The van der Waals surface area contributed by atoms with E-state index in [9.17, 15) is 0 Å². The van der Waals surface area contributed by atoms with E-state index in [1.807, 2.05) is 18.2 Å². The third-order valence-electron chi connectivity index (χ3n) is 3.34. The van der Waals surface area contributed by atoms with Gasteiger partial charge in [0.25, 0.3) is 0 Å². The van der Waals surface area contributed by atoms with Crippen molar-refractivity contribution in [3.8, 4) is 17.0 Å². The molecule has 1 aromatic heterocycles. The van der Waals surface area contributed by atoms with E-state index in [2.05, 4.69) is 49.3 Å². The van der Waals surface area contributed by atoms with Gasteiger partial charge in [-0.2, -0.15) is 5.10 Å². The highest BCUT2D eigenvalue weighted by molar-refractivity contribution is 5.70. The third kappa shape index (κ3) is 3.85. The molecule has 0 aliphatic carbocycles. The van der Waals surface area contributed by atoms with Crippen LogP contribution in [-0.2, 0) is 6.54 Å². The Bertz CT molecular complexity index is 575. The van der Waals surface area contributed by atoms with Gasteiger partial charge in [-0.3, -0.25) is 5.10 Å². The molecule has 114 valence electrons. The summed E-state index contributed by atoms with van der Waals surface area (Å²) in [5.74, 6) is 1.40. The molecule has 0 unspecified atom stereocenters. The molecule has 21 heavy (non-hydrogen) atoms. The highest BCUT2D eigenvalue weighted by atomic mass is 16.5. The van der Waals surface area contributed by atoms with Gasteiger partial charge in [0.15, 0.2) is 0 Å². The van der Waals surface area contributed by atoms with Crippen LogP contribution in [-0.4, -0.2) is 23.3 Å². The Morgan fingerprint density at radius 3 is 2.76 bits per heavy atom. The van der Waals surface area contributed by atoms with Gasteiger partial charge in [-0.05, 0) is 31.5 Å². The Morgan fingerprint density at radius 1 is 1.29 bits per heavy atom. The second-order valence-electron chi connectivity index (χ2n) is 5.66. The van der Waals surface area contributed by atoms with E-state index in [1.54, 1.807) is 0 Å². The van der Waals surface area contributed by atoms with Crippen LogP contribution in [0.4, 0.5) is 0 Å². The molecule has 0 spiro atoms. The number of ether oxygens (including phenoxy) is 1. The Hall–Kier alpha value is -1.81. The van der Waals surface area contributed by atoms with Crippen molar-refractivity contribution in [1.82, 2.24) is 15.5 Å². The van der Waals surface area contributed by atoms with Crippen molar-refractivity contribution in [3.63, 3.8) is 0 Å². The molecule has 0 saturated heterocycles. The lowest BCUT2D eigenvalue weighted by Gasteiger charge is -2.13. The first-order valence-electron chi connectivity index (χ1n) is 7.60. The first kappa shape index (κ1) is 15.6. The first-order chi connectivity index (χ1) is 10.1. The molecule has 0 bridgehead atoms. The lowest BCUT2D eigenvalue weighted by atomic mass is 10.0. The molecule has 0 radical (unpaired) electrons. The summed E-state index contributed by atoms with van der Waals surface area (Å²) in [6.07, 6.45) is 0. The van der Waals surface area contributed by atoms with Crippen LogP contribution >= 0.6 is 0 Å². The van der Waals surface area contributed by atoms with Gasteiger partial charge in [0, 0.05) is 23.4 Å². The van der Waals surface area contributed by atoms with Crippen LogP contribution in [0.1, 0.15) is 32.0 Å². The van der Waals surface area contributed by atoms with Gasteiger partial charge in [0.2, 0.25) is 0 Å². The zero-order chi connectivity index (χ0) is 15.2. The summed E-state index contributed by atoms with van der Waals surface area (Å²) >= 11 is 0. The Labute approximate surface area is 126 Å². The van der Waals surface area contributed by atoms with Crippen molar-refractivity contribution in [3.05, 3.63) is 35.5 Å². The van der Waals surface area contributed by atoms with Gasteiger partial charge in [0.1, 0.15) is 11.4 Å². The Kier molecular flexibility index (Phi) is 5.39. The van der Waals surface area contributed by atoms with Crippen LogP contribution in [0.5, 0.6) is 5.75 Å². The summed E-state index contributed by atoms with van der Waals surface area (Å²) in [7, 11) is 0. The molecule has 1 aromatic carbocycles. The van der Waals surface area contributed by atoms with Crippen LogP contribution in [0.3, 0.4) is 0 Å². The number of nitrogens with one attached hydrogen (secondary N) is 2. The van der Waals surface area contributed by atoms with E-state index in [1.165, 1.54) is 5.56 Å². The largest absolute Gasteiger partial charge is 0.493 e. The van der Waals surface area contributed by atoms with Crippen LogP contribution in [0.2, 0.25) is 0 Å². The maximum Gasteiger partial charge on any atom is 0.128 e. The second kappa shape index (κ2) is 7.27. The number of rotatable bonds is 7. The quantitative estimate of drug-likeness (QED) is 0.819. The van der Waals surface area contributed by atoms with Crippen LogP contribution in [0, 0.1) is 12.8 Å². The summed E-state index contributed by atoms with van der Waals surface area (Å²) in [6.45, 7) is 10.9. The molecule has 0 saturated carbocycles. The number of nitrogens with zero attached hydrogens (tertiary/aromatic N) is 1. The van der Waals surface area contributed by atoms with E-state index in [4.69, 9.17) is 4.74 Å². The van der Waals surface area contributed by atoms with E-state index in [-0.39, 0.29) is 0 Å². The lowest BCUT2D eigenvalue weighted by molar-refractivity contribution is 0.272. The predicted molar refractivity (Wildman–Crippen MR) is 86.5 cm³/mol. The standard InChI is InChI=1S/C17H25N3O/c1-5-18-10-15-13(4)19-20-17(15)14-8-6-7-9-16(14)21-11-12(2)3/h6-9,12,18H,5,10-11H2,1-4H3,(H,19,20). The fourth-order valence-corrected chi connectivity index (χ4v) is 2.19. The minimum absolute atomic E-state index is 0.500. The zero-order valence-corrected chi connectivity index (χ0v) is 13.4. The molecular weight excluding hydrogens is 262 g/mol. The maximum atomic E-state index is 5.95. The molecule has 4 heteroatoms. The smallest absolute Gasteiger partial charge is 0.128 e. The van der Waals surface area contributed by atoms with Gasteiger partial charge in [-0.1, -0.05) is 32.9 Å². The Morgan fingerprint density at radius 2 is 2.05 bits per heavy atom. The van der Waals surface area contributed by atoms with Gasteiger partial charge in [-0.25, -0.2) is 0 Å². The van der Waals surface area contributed by atoms with Crippen LogP contribution in [0.25, 0.3) is 11.3 Å². The summed E-state index contributed by atoms with van der Waals surface area (Å²) in [5, 5.41) is 10.9. The summed E-state index contributed by atoms with van der Waals surface area (Å²) in [4.78, 5) is 0. The predicted octanol–water partition coefficient (Wildman–Crippen LogP) is 3.53. The summed E-state index contributed by atoms with van der Waals surface area (Å²) < 4.78 is 5.95. The summed E-state index contributed by atoms with van der Waals surface area (Å²) in [6, 6.07) is 8.11. The van der Waals surface area contributed by atoms with Gasteiger partial charge < -0.3 is 10.1 Å².